The molecule has 0 saturated heterocycles. The molecule has 0 bridgehead atoms. The van der Waals surface area contributed by atoms with Crippen molar-refractivity contribution in [2.75, 3.05) is 17.7 Å². The number of benzene rings is 2. The molecule has 2 aromatic rings. The predicted octanol–water partition coefficient (Wildman–Crippen LogP) is 3.11. The number of carbonyl (C=O) groups excluding carboxylic acids is 1. The summed E-state index contributed by atoms with van der Waals surface area (Å²) in [6.45, 7) is 1.49. The van der Waals surface area contributed by atoms with Gasteiger partial charge in [-0.1, -0.05) is 12.1 Å². The van der Waals surface area contributed by atoms with E-state index < -0.39 is 0 Å². The number of para-hydroxylation sites is 1. The Kier molecular flexibility index (Phi) is 3.72. The Morgan fingerprint density at radius 2 is 1.95 bits per heavy atom. The number of nitrogen functional groups attached to an aromatic ring is 1. The van der Waals surface area contributed by atoms with Crippen molar-refractivity contribution in [3.8, 4) is 6.07 Å². The van der Waals surface area contributed by atoms with Crippen LogP contribution in [0.15, 0.2) is 42.5 Å². The van der Waals surface area contributed by atoms with Crippen molar-refractivity contribution in [1.82, 2.24) is 0 Å². The smallest absolute Gasteiger partial charge is 0.161 e. The first kappa shape index (κ1) is 13.6. The van der Waals surface area contributed by atoms with Crippen LogP contribution in [-0.2, 0) is 0 Å². The van der Waals surface area contributed by atoms with Gasteiger partial charge in [-0.25, -0.2) is 0 Å². The maximum absolute atomic E-state index is 11.4. The number of ketones is 1. The molecular weight excluding hydrogens is 250 g/mol. The Labute approximate surface area is 118 Å². The molecule has 0 spiro atoms. The van der Waals surface area contributed by atoms with E-state index >= 15 is 0 Å². The second-order valence-corrected chi connectivity index (χ2v) is 4.52. The Morgan fingerprint density at radius 3 is 2.55 bits per heavy atom. The van der Waals surface area contributed by atoms with E-state index in [-0.39, 0.29) is 5.78 Å². The Hall–Kier alpha value is -2.80. The third kappa shape index (κ3) is 2.47. The van der Waals surface area contributed by atoms with Gasteiger partial charge >= 0.3 is 0 Å². The van der Waals surface area contributed by atoms with Gasteiger partial charge in [0, 0.05) is 24.0 Å². The normalized spacial score (nSPS) is 9.85. The zero-order valence-corrected chi connectivity index (χ0v) is 11.4. The van der Waals surface area contributed by atoms with Gasteiger partial charge in [0.25, 0.3) is 0 Å². The van der Waals surface area contributed by atoms with E-state index in [1.165, 1.54) is 6.92 Å². The molecule has 0 atom stereocenters. The standard InChI is InChI=1S/C16H15N3O/c1-11(20)14-8-7-13(9-15(14)18)19(2)16-6-4-3-5-12(16)10-17/h3-9H,18H2,1-2H3. The van der Waals surface area contributed by atoms with Crippen LogP contribution in [0.2, 0.25) is 0 Å². The summed E-state index contributed by atoms with van der Waals surface area (Å²) in [6, 6.07) is 14.8. The van der Waals surface area contributed by atoms with Crippen molar-refractivity contribution in [3.05, 3.63) is 53.6 Å². The zero-order chi connectivity index (χ0) is 14.7. The summed E-state index contributed by atoms with van der Waals surface area (Å²) < 4.78 is 0. The number of anilines is 3. The first-order valence-corrected chi connectivity index (χ1v) is 6.18. The van der Waals surface area contributed by atoms with Crippen molar-refractivity contribution in [3.63, 3.8) is 0 Å². The highest BCUT2D eigenvalue weighted by Crippen LogP contribution is 2.29. The average molecular weight is 265 g/mol. The molecule has 0 heterocycles. The van der Waals surface area contributed by atoms with Gasteiger partial charge in [0.15, 0.2) is 5.78 Å². The van der Waals surface area contributed by atoms with E-state index in [0.717, 1.165) is 11.4 Å². The minimum absolute atomic E-state index is 0.0610. The van der Waals surface area contributed by atoms with E-state index in [1.807, 2.05) is 36.2 Å². The molecule has 0 radical (unpaired) electrons. The minimum atomic E-state index is -0.0610. The zero-order valence-electron chi connectivity index (χ0n) is 11.4. The van der Waals surface area contributed by atoms with Crippen LogP contribution in [0.25, 0.3) is 0 Å². The van der Waals surface area contributed by atoms with Crippen LogP contribution in [0.3, 0.4) is 0 Å². The molecule has 2 N–H and O–H groups in total. The quantitative estimate of drug-likeness (QED) is 0.683. The topological polar surface area (TPSA) is 70.1 Å². The number of carbonyl (C=O) groups is 1. The summed E-state index contributed by atoms with van der Waals surface area (Å²) in [5.41, 5.74) is 9.06. The number of Topliss-reactive ketones (excluding diaryl/α,β-unsaturated/α-hetero) is 1. The average Bonchev–Trinajstić information content (AvgIpc) is 2.45. The van der Waals surface area contributed by atoms with Crippen molar-refractivity contribution < 1.29 is 4.79 Å². The molecule has 4 nitrogen and oxygen atoms in total. The van der Waals surface area contributed by atoms with Gasteiger partial charge in [0.1, 0.15) is 6.07 Å². The largest absolute Gasteiger partial charge is 0.398 e. The van der Waals surface area contributed by atoms with Crippen molar-refractivity contribution in [2.45, 2.75) is 6.92 Å². The molecule has 4 heteroatoms. The molecule has 0 amide bonds. The van der Waals surface area contributed by atoms with Gasteiger partial charge in [0.05, 0.1) is 11.3 Å². The van der Waals surface area contributed by atoms with Gasteiger partial charge < -0.3 is 10.6 Å². The van der Waals surface area contributed by atoms with Gasteiger partial charge in [-0.05, 0) is 37.3 Å². The Balaban J connectivity index is 2.44. The molecule has 20 heavy (non-hydrogen) atoms. The van der Waals surface area contributed by atoms with Gasteiger partial charge in [-0.15, -0.1) is 0 Å². The SMILES string of the molecule is CC(=O)c1ccc(N(C)c2ccccc2C#N)cc1N. The summed E-state index contributed by atoms with van der Waals surface area (Å²) in [5, 5.41) is 9.14. The summed E-state index contributed by atoms with van der Waals surface area (Å²) in [7, 11) is 1.86. The molecule has 0 aliphatic heterocycles. The molecule has 0 aromatic heterocycles. The predicted molar refractivity (Wildman–Crippen MR) is 80.1 cm³/mol. The van der Waals surface area contributed by atoms with Crippen LogP contribution in [0.1, 0.15) is 22.8 Å². The lowest BCUT2D eigenvalue weighted by molar-refractivity contribution is 0.101. The lowest BCUT2D eigenvalue weighted by atomic mass is 10.1. The minimum Gasteiger partial charge on any atom is -0.398 e. The second kappa shape index (κ2) is 5.45. The highest BCUT2D eigenvalue weighted by molar-refractivity contribution is 5.99. The van der Waals surface area contributed by atoms with Gasteiger partial charge in [-0.2, -0.15) is 5.26 Å². The highest BCUT2D eigenvalue weighted by atomic mass is 16.1. The first-order valence-electron chi connectivity index (χ1n) is 6.18. The fraction of sp³-hybridized carbons (Fsp3) is 0.125. The van der Waals surface area contributed by atoms with E-state index in [9.17, 15) is 4.79 Å². The van der Waals surface area contributed by atoms with E-state index in [2.05, 4.69) is 6.07 Å². The molecule has 0 aliphatic carbocycles. The van der Waals surface area contributed by atoms with Gasteiger partial charge in [0.2, 0.25) is 0 Å². The summed E-state index contributed by atoms with van der Waals surface area (Å²) in [6.07, 6.45) is 0. The Morgan fingerprint density at radius 1 is 1.25 bits per heavy atom. The molecule has 2 rings (SSSR count). The van der Waals surface area contributed by atoms with Crippen LogP contribution in [-0.4, -0.2) is 12.8 Å². The molecule has 0 unspecified atom stereocenters. The molecule has 0 aliphatic rings. The van der Waals surface area contributed by atoms with Crippen molar-refractivity contribution in [2.24, 2.45) is 0 Å². The number of nitrogens with zero attached hydrogens (tertiary/aromatic N) is 2. The summed E-state index contributed by atoms with van der Waals surface area (Å²) in [5.74, 6) is -0.0610. The second-order valence-electron chi connectivity index (χ2n) is 4.52. The maximum Gasteiger partial charge on any atom is 0.161 e. The van der Waals surface area contributed by atoms with Crippen molar-refractivity contribution >= 4 is 22.8 Å². The van der Waals surface area contributed by atoms with E-state index in [0.29, 0.717) is 16.8 Å². The fourth-order valence-corrected chi connectivity index (χ4v) is 2.08. The molecule has 0 fully saturated rings. The molecule has 2 aromatic carbocycles. The van der Waals surface area contributed by atoms with E-state index in [1.54, 1.807) is 18.2 Å². The summed E-state index contributed by atoms with van der Waals surface area (Å²) >= 11 is 0. The van der Waals surface area contributed by atoms with Gasteiger partial charge in [-0.3, -0.25) is 4.79 Å². The van der Waals surface area contributed by atoms with Crippen LogP contribution in [0, 0.1) is 11.3 Å². The third-order valence-electron chi connectivity index (χ3n) is 3.19. The Bertz CT molecular complexity index is 701. The monoisotopic (exact) mass is 265 g/mol. The lowest BCUT2D eigenvalue weighted by Crippen LogP contribution is -2.12. The molecule has 0 saturated carbocycles. The van der Waals surface area contributed by atoms with Crippen LogP contribution < -0.4 is 10.6 Å². The number of nitriles is 1. The molecular formula is C16H15N3O. The maximum atomic E-state index is 11.4. The van der Waals surface area contributed by atoms with E-state index in [4.69, 9.17) is 11.0 Å². The fourth-order valence-electron chi connectivity index (χ4n) is 2.08. The number of rotatable bonds is 3. The first-order chi connectivity index (χ1) is 9.54. The third-order valence-corrected chi connectivity index (χ3v) is 3.19. The summed E-state index contributed by atoms with van der Waals surface area (Å²) in [4.78, 5) is 13.3. The number of hydrogen-bond donors (Lipinski definition) is 1. The van der Waals surface area contributed by atoms with Crippen LogP contribution >= 0.6 is 0 Å². The van der Waals surface area contributed by atoms with Crippen molar-refractivity contribution in [1.29, 1.82) is 5.26 Å². The highest BCUT2D eigenvalue weighted by Gasteiger charge is 2.11. The lowest BCUT2D eigenvalue weighted by Gasteiger charge is -2.21. The van der Waals surface area contributed by atoms with Crippen LogP contribution in [0.4, 0.5) is 17.1 Å². The number of hydrogen-bond acceptors (Lipinski definition) is 4. The van der Waals surface area contributed by atoms with Crippen LogP contribution in [0.5, 0.6) is 0 Å². The number of nitrogens with two attached hydrogens (primary N) is 1. The molecule has 100 valence electrons.